The summed E-state index contributed by atoms with van der Waals surface area (Å²) in [5, 5.41) is 10.6. The summed E-state index contributed by atoms with van der Waals surface area (Å²) >= 11 is 0. The van der Waals surface area contributed by atoms with Crippen LogP contribution in [0.5, 0.6) is 0 Å². The fourth-order valence-corrected chi connectivity index (χ4v) is 4.49. The molecule has 142 valence electrons. The Kier molecular flexibility index (Phi) is 5.42. The molecular formula is C16H23N5O4S. The second-order valence-corrected chi connectivity index (χ2v) is 8.35. The highest BCUT2D eigenvalue weighted by atomic mass is 32.2. The molecule has 1 aliphatic rings. The molecule has 0 saturated carbocycles. The molecule has 1 atom stereocenters. The van der Waals surface area contributed by atoms with Gasteiger partial charge in [-0.3, -0.25) is 9.48 Å². The summed E-state index contributed by atoms with van der Waals surface area (Å²) in [6, 6.07) is 1.81. The molecule has 1 amide bonds. The van der Waals surface area contributed by atoms with E-state index < -0.39 is 10.0 Å². The second-order valence-electron chi connectivity index (χ2n) is 6.41. The molecule has 0 spiro atoms. The molecule has 0 aromatic carbocycles. The van der Waals surface area contributed by atoms with Gasteiger partial charge < -0.3 is 9.84 Å². The lowest BCUT2D eigenvalue weighted by Gasteiger charge is -2.30. The Morgan fingerprint density at radius 2 is 2.27 bits per heavy atom. The number of carbonyl (C=O) groups is 1. The van der Waals surface area contributed by atoms with E-state index in [0.29, 0.717) is 25.1 Å². The number of rotatable bonds is 6. The third kappa shape index (κ3) is 3.96. The van der Waals surface area contributed by atoms with Crippen LogP contribution in [0.1, 0.15) is 31.2 Å². The molecule has 10 heteroatoms. The first-order valence-electron chi connectivity index (χ1n) is 8.61. The van der Waals surface area contributed by atoms with E-state index in [0.717, 1.165) is 12.1 Å². The van der Waals surface area contributed by atoms with Crippen LogP contribution in [0.4, 0.5) is 0 Å². The maximum Gasteiger partial charge on any atom is 0.246 e. The van der Waals surface area contributed by atoms with Gasteiger partial charge in [-0.2, -0.15) is 9.40 Å². The van der Waals surface area contributed by atoms with Gasteiger partial charge in [0.15, 0.2) is 5.76 Å². The van der Waals surface area contributed by atoms with Crippen molar-refractivity contribution in [2.24, 2.45) is 13.0 Å². The van der Waals surface area contributed by atoms with Crippen molar-refractivity contribution in [3.63, 3.8) is 0 Å². The maximum atomic E-state index is 12.7. The van der Waals surface area contributed by atoms with Crippen molar-refractivity contribution in [3.05, 3.63) is 29.9 Å². The molecule has 0 aliphatic carbocycles. The average molecular weight is 381 g/mol. The number of amides is 1. The number of sulfonamides is 1. The Hall–Kier alpha value is -2.20. The third-order valence-electron chi connectivity index (χ3n) is 4.48. The van der Waals surface area contributed by atoms with Crippen LogP contribution in [0.25, 0.3) is 0 Å². The summed E-state index contributed by atoms with van der Waals surface area (Å²) in [5.74, 6) is 0.0279. The predicted molar refractivity (Wildman–Crippen MR) is 92.4 cm³/mol. The van der Waals surface area contributed by atoms with Gasteiger partial charge in [-0.15, -0.1) is 0 Å². The van der Waals surface area contributed by atoms with Crippen LogP contribution in [0.15, 0.2) is 27.9 Å². The quantitative estimate of drug-likeness (QED) is 0.788. The predicted octanol–water partition coefficient (Wildman–Crippen LogP) is 0.688. The molecule has 0 unspecified atom stereocenters. The Labute approximate surface area is 152 Å². The van der Waals surface area contributed by atoms with Crippen LogP contribution in [-0.4, -0.2) is 46.7 Å². The van der Waals surface area contributed by atoms with Gasteiger partial charge >= 0.3 is 0 Å². The number of nitrogens with one attached hydrogen (secondary N) is 1. The van der Waals surface area contributed by atoms with Crippen LogP contribution in [-0.2, 0) is 34.8 Å². The molecular weight excluding hydrogens is 358 g/mol. The Morgan fingerprint density at radius 1 is 1.46 bits per heavy atom. The van der Waals surface area contributed by atoms with Crippen molar-refractivity contribution < 1.29 is 17.7 Å². The number of aromatic nitrogens is 3. The summed E-state index contributed by atoms with van der Waals surface area (Å²) in [6.07, 6.45) is 4.85. The molecule has 0 bridgehead atoms. The van der Waals surface area contributed by atoms with Crippen LogP contribution < -0.4 is 5.32 Å². The summed E-state index contributed by atoms with van der Waals surface area (Å²) in [5.41, 5.74) is 0.834. The van der Waals surface area contributed by atoms with Gasteiger partial charge in [-0.05, 0) is 19.3 Å². The number of piperidine rings is 1. The van der Waals surface area contributed by atoms with Gasteiger partial charge in [0.05, 0.1) is 24.4 Å². The van der Waals surface area contributed by atoms with E-state index in [1.807, 2.05) is 6.92 Å². The molecule has 1 fully saturated rings. The molecule has 2 aromatic rings. The molecule has 26 heavy (non-hydrogen) atoms. The number of hydrogen-bond acceptors (Lipinski definition) is 6. The minimum absolute atomic E-state index is 0.148. The molecule has 1 N–H and O–H groups in total. The van der Waals surface area contributed by atoms with Crippen LogP contribution in [0, 0.1) is 5.92 Å². The lowest BCUT2D eigenvalue weighted by molar-refractivity contribution is -0.126. The van der Waals surface area contributed by atoms with E-state index >= 15 is 0 Å². The summed E-state index contributed by atoms with van der Waals surface area (Å²) in [4.78, 5) is 12.6. The normalized spacial score (nSPS) is 18.8. The average Bonchev–Trinajstić information content (AvgIpc) is 3.28. The molecule has 3 rings (SSSR count). The van der Waals surface area contributed by atoms with Gasteiger partial charge in [-0.1, -0.05) is 12.1 Å². The highest BCUT2D eigenvalue weighted by Crippen LogP contribution is 2.23. The fraction of sp³-hybridized carbons (Fsp3) is 0.562. The lowest BCUT2D eigenvalue weighted by Crippen LogP contribution is -2.45. The number of nitrogens with zero attached hydrogens (tertiary/aromatic N) is 4. The number of hydrogen-bond donors (Lipinski definition) is 1. The Morgan fingerprint density at radius 3 is 2.92 bits per heavy atom. The lowest BCUT2D eigenvalue weighted by atomic mass is 9.99. The second kappa shape index (κ2) is 7.58. The first kappa shape index (κ1) is 18.6. The molecule has 1 aliphatic heterocycles. The van der Waals surface area contributed by atoms with Crippen LogP contribution in [0.2, 0.25) is 0 Å². The summed E-state index contributed by atoms with van der Waals surface area (Å²) in [7, 11) is -1.97. The van der Waals surface area contributed by atoms with Crippen molar-refractivity contribution >= 4 is 15.9 Å². The molecule has 1 saturated heterocycles. The van der Waals surface area contributed by atoms with Crippen molar-refractivity contribution in [1.29, 1.82) is 0 Å². The zero-order chi connectivity index (χ0) is 18.7. The van der Waals surface area contributed by atoms with Gasteiger partial charge in [0.25, 0.3) is 0 Å². The van der Waals surface area contributed by atoms with Gasteiger partial charge in [0.1, 0.15) is 4.90 Å². The van der Waals surface area contributed by atoms with E-state index in [9.17, 15) is 13.2 Å². The summed E-state index contributed by atoms with van der Waals surface area (Å²) in [6.45, 7) is 2.79. The smallest absolute Gasteiger partial charge is 0.246 e. The standard InChI is InChI=1S/C16H23N5O4S/c1-3-13-7-14(25-19-13)8-17-16(22)12-5-4-6-21(10-12)26(23,24)15-9-18-20(2)11-15/h7,9,11-12H,3-6,8,10H2,1-2H3,(H,17,22)/t12-/m1/s1. The fourth-order valence-electron chi connectivity index (χ4n) is 2.98. The monoisotopic (exact) mass is 381 g/mol. The molecule has 2 aromatic heterocycles. The summed E-state index contributed by atoms with van der Waals surface area (Å²) < 4.78 is 33.4. The Balaban J connectivity index is 1.61. The van der Waals surface area contributed by atoms with Crippen molar-refractivity contribution in [3.8, 4) is 0 Å². The maximum absolute atomic E-state index is 12.7. The van der Waals surface area contributed by atoms with E-state index in [4.69, 9.17) is 4.52 Å². The molecule has 9 nitrogen and oxygen atoms in total. The SMILES string of the molecule is CCc1cc(CNC(=O)[C@@H]2CCCN(S(=O)(=O)c3cnn(C)c3)C2)on1. The van der Waals surface area contributed by atoms with Gasteiger partial charge in [0.2, 0.25) is 15.9 Å². The van der Waals surface area contributed by atoms with Crippen LogP contribution in [0.3, 0.4) is 0 Å². The van der Waals surface area contributed by atoms with Crippen molar-refractivity contribution in [1.82, 2.24) is 24.6 Å². The van der Waals surface area contributed by atoms with Gasteiger partial charge in [0, 0.05) is 32.4 Å². The highest BCUT2D eigenvalue weighted by Gasteiger charge is 2.33. The van der Waals surface area contributed by atoms with E-state index in [1.54, 1.807) is 13.1 Å². The number of carbonyl (C=O) groups excluding carboxylic acids is 1. The van der Waals surface area contributed by atoms with E-state index in [2.05, 4.69) is 15.6 Å². The van der Waals surface area contributed by atoms with E-state index in [1.165, 1.54) is 21.4 Å². The number of aryl methyl sites for hydroxylation is 2. The molecule has 0 radical (unpaired) electrons. The minimum atomic E-state index is -3.63. The third-order valence-corrected chi connectivity index (χ3v) is 6.30. The van der Waals surface area contributed by atoms with Crippen LogP contribution >= 0.6 is 0 Å². The molecule has 3 heterocycles. The van der Waals surface area contributed by atoms with Gasteiger partial charge in [-0.25, -0.2) is 8.42 Å². The van der Waals surface area contributed by atoms with Crippen molar-refractivity contribution in [2.45, 2.75) is 37.6 Å². The zero-order valence-electron chi connectivity index (χ0n) is 14.9. The first-order valence-corrected chi connectivity index (χ1v) is 10.0. The zero-order valence-corrected chi connectivity index (χ0v) is 15.7. The largest absolute Gasteiger partial charge is 0.359 e. The minimum Gasteiger partial charge on any atom is -0.359 e. The highest BCUT2D eigenvalue weighted by molar-refractivity contribution is 7.89. The first-order chi connectivity index (χ1) is 12.4. The van der Waals surface area contributed by atoms with Crippen molar-refractivity contribution in [2.75, 3.05) is 13.1 Å². The van der Waals surface area contributed by atoms with E-state index in [-0.39, 0.29) is 29.8 Å². The topological polar surface area (TPSA) is 110 Å². The Bertz CT molecular complexity index is 873.